The molecule has 2 aromatic heterocycles. The number of furan rings is 1. The summed E-state index contributed by atoms with van der Waals surface area (Å²) < 4.78 is 8.68. The fraction of sp³-hybridized carbons (Fsp3) is 0.235. The van der Waals surface area contributed by atoms with Crippen LogP contribution in [-0.4, -0.2) is 6.85 Å². The predicted molar refractivity (Wildman–Crippen MR) is 375 cm³/mol. The zero-order chi connectivity index (χ0) is 60.4. The van der Waals surface area contributed by atoms with Gasteiger partial charge in [-0.05, 0) is 202 Å². The highest BCUT2D eigenvalue weighted by molar-refractivity contribution is 7.17. The number of hydrogen-bond donors (Lipinski definition) is 0. The monoisotopic (exact) mass is 1150 g/mol. The second-order valence-corrected chi connectivity index (χ2v) is 30.4. The minimum atomic E-state index is -0.318. The minimum absolute atomic E-state index is 0.0243. The normalized spacial score (nSPS) is 14.3. The average Bonchev–Trinajstić information content (AvgIpc) is 1.67. The van der Waals surface area contributed by atoms with Crippen molar-refractivity contribution in [2.75, 3.05) is 14.6 Å². The third kappa shape index (κ3) is 8.75. The molecule has 0 spiro atoms. The fourth-order valence-electron chi connectivity index (χ4n) is 14.4. The van der Waals surface area contributed by atoms with E-state index >= 15 is 0 Å². The van der Waals surface area contributed by atoms with Gasteiger partial charge in [0.05, 0.1) is 11.4 Å². The predicted octanol–water partition coefficient (Wildman–Crippen LogP) is 22.1. The summed E-state index contributed by atoms with van der Waals surface area (Å²) in [4.78, 5) is 7.76. The zero-order valence-electron chi connectivity index (χ0n) is 52.9. The molecule has 0 bridgehead atoms. The minimum Gasteiger partial charge on any atom is -0.454 e. The van der Waals surface area contributed by atoms with Gasteiger partial charge in [0.15, 0.2) is 5.58 Å². The molecule has 6 heteroatoms. The Kier molecular flexibility index (Phi) is 12.2. The van der Waals surface area contributed by atoms with Gasteiger partial charge < -0.3 is 19.0 Å². The molecule has 0 radical (unpaired) electrons. The van der Waals surface area contributed by atoms with Crippen molar-refractivity contribution in [3.8, 4) is 33.4 Å². The number of benzene rings is 10. The molecule has 4 nitrogen and oxygen atoms in total. The Morgan fingerprint density at radius 2 is 1.03 bits per heavy atom. The highest BCUT2D eigenvalue weighted by Crippen LogP contribution is 2.58. The first-order valence-corrected chi connectivity index (χ1v) is 32.0. The first-order valence-electron chi connectivity index (χ1n) is 31.2. The molecular weight excluding hydrogens is 1070 g/mol. The van der Waals surface area contributed by atoms with E-state index in [1.807, 2.05) is 11.3 Å². The van der Waals surface area contributed by atoms with Crippen LogP contribution in [0.1, 0.15) is 130 Å². The van der Waals surface area contributed by atoms with Crippen LogP contribution in [0.15, 0.2) is 210 Å². The molecule has 2 aliphatic heterocycles. The maximum Gasteiger partial charge on any atom is 0.333 e. The first kappa shape index (κ1) is 55.0. The van der Waals surface area contributed by atoms with E-state index < -0.39 is 0 Å². The number of fused-ring (bicyclic) bond motifs is 12. The second-order valence-electron chi connectivity index (χ2n) is 29.5. The molecule has 0 atom stereocenters. The molecule has 0 N–H and O–H groups in total. The Morgan fingerprint density at radius 3 is 1.68 bits per heavy atom. The van der Waals surface area contributed by atoms with Crippen molar-refractivity contribution in [1.29, 1.82) is 0 Å². The fourth-order valence-corrected chi connectivity index (χ4v) is 15.2. The number of anilines is 8. The summed E-state index contributed by atoms with van der Waals surface area (Å²) in [6.07, 6.45) is 0. The van der Waals surface area contributed by atoms with Gasteiger partial charge in [-0.3, -0.25) is 0 Å². The van der Waals surface area contributed by atoms with Gasteiger partial charge in [-0.25, -0.2) is 0 Å². The molecule has 0 saturated carbocycles. The van der Waals surface area contributed by atoms with Crippen molar-refractivity contribution < 1.29 is 4.42 Å². The largest absolute Gasteiger partial charge is 0.454 e. The maximum atomic E-state index is 7.41. The van der Waals surface area contributed by atoms with Gasteiger partial charge in [0.25, 0.3) is 0 Å². The topological polar surface area (TPSA) is 22.9 Å². The summed E-state index contributed by atoms with van der Waals surface area (Å²) in [6.45, 7) is 32.3. The number of hydrogen-bond acceptors (Lipinski definition) is 5. The van der Waals surface area contributed by atoms with Crippen molar-refractivity contribution in [2.24, 2.45) is 0 Å². The second kappa shape index (κ2) is 19.2. The highest BCUT2D eigenvalue weighted by Gasteiger charge is 2.49. The lowest BCUT2D eigenvalue weighted by Gasteiger charge is -2.46. The van der Waals surface area contributed by atoms with Gasteiger partial charge in [0.2, 0.25) is 0 Å². The summed E-state index contributed by atoms with van der Waals surface area (Å²) in [7, 11) is 0. The average molecular weight is 1150 g/mol. The summed E-state index contributed by atoms with van der Waals surface area (Å²) in [6, 6.07) is 77.1. The quantitative estimate of drug-likeness (QED) is 0.155. The molecule has 3 aliphatic rings. The van der Waals surface area contributed by atoms with Crippen molar-refractivity contribution in [2.45, 2.75) is 124 Å². The first-order chi connectivity index (χ1) is 41.4. The van der Waals surface area contributed by atoms with E-state index in [-0.39, 0.29) is 33.9 Å². The van der Waals surface area contributed by atoms with Crippen LogP contribution in [0, 0.1) is 0 Å². The third-order valence-corrected chi connectivity index (χ3v) is 20.2. The number of nitrogens with zero attached hydrogens (tertiary/aromatic N) is 3. The standard InChI is InChI=1S/C81H76BN3OS/c1-77(2,3)51-24-31-55(32-25-51)83(56-33-26-52(27-34-56)78(4,5)6)58-37-38-66-61(44-58)62-45-63-64-46-65-59-22-18-19-23-72(59)86-76(65)75-74(64)82(85(70(63)47-67(62)81(66,13)14)57-35-28-53(29-36-57)79(7,8)9)68-48-73-50(40-41-87-73)42-71(68)84(75)69-39-30-54(80(10,11)12)43-60(69)49-20-16-15-17-21-49/h15-48H,1-14H3. The van der Waals surface area contributed by atoms with E-state index in [2.05, 4.69) is 317 Å². The van der Waals surface area contributed by atoms with E-state index in [0.717, 1.165) is 61.8 Å². The van der Waals surface area contributed by atoms with Gasteiger partial charge in [-0.2, -0.15) is 0 Å². The van der Waals surface area contributed by atoms with Gasteiger partial charge in [-0.1, -0.05) is 194 Å². The Labute approximate surface area is 518 Å². The van der Waals surface area contributed by atoms with Crippen LogP contribution in [0.4, 0.5) is 45.5 Å². The van der Waals surface area contributed by atoms with Gasteiger partial charge in [0, 0.05) is 66.1 Å². The van der Waals surface area contributed by atoms with Crippen LogP contribution in [-0.2, 0) is 27.1 Å². The lowest BCUT2D eigenvalue weighted by atomic mass is 9.43. The molecule has 12 aromatic rings. The van der Waals surface area contributed by atoms with Crippen LogP contribution in [0.5, 0.6) is 0 Å². The van der Waals surface area contributed by atoms with E-state index in [0.29, 0.717) is 0 Å². The zero-order valence-corrected chi connectivity index (χ0v) is 53.7. The molecule has 87 heavy (non-hydrogen) atoms. The summed E-state index contributed by atoms with van der Waals surface area (Å²) in [5, 5.41) is 5.70. The maximum absolute atomic E-state index is 7.41. The van der Waals surface area contributed by atoms with E-state index in [1.165, 1.54) is 93.5 Å². The van der Waals surface area contributed by atoms with Gasteiger partial charge in [0.1, 0.15) is 5.58 Å². The third-order valence-electron chi connectivity index (χ3n) is 19.3. The Balaban J connectivity index is 1.04. The van der Waals surface area contributed by atoms with Crippen molar-refractivity contribution in [1.82, 2.24) is 0 Å². The summed E-state index contributed by atoms with van der Waals surface area (Å²) in [5.41, 5.74) is 28.2. The molecule has 4 heterocycles. The van der Waals surface area contributed by atoms with Crippen molar-refractivity contribution in [3.05, 3.63) is 239 Å². The number of para-hydroxylation sites is 1. The van der Waals surface area contributed by atoms with Crippen LogP contribution in [0.25, 0.3) is 65.4 Å². The molecule has 0 amide bonds. The molecule has 0 fully saturated rings. The molecule has 10 aromatic carbocycles. The van der Waals surface area contributed by atoms with E-state index in [1.54, 1.807) is 0 Å². The van der Waals surface area contributed by atoms with Crippen LogP contribution >= 0.6 is 11.3 Å². The molecule has 430 valence electrons. The van der Waals surface area contributed by atoms with Gasteiger partial charge in [-0.15, -0.1) is 11.3 Å². The van der Waals surface area contributed by atoms with Crippen LogP contribution in [0.3, 0.4) is 0 Å². The molecule has 15 rings (SSSR count). The summed E-state index contributed by atoms with van der Waals surface area (Å²) in [5.74, 6) is 0. The smallest absolute Gasteiger partial charge is 0.333 e. The Morgan fingerprint density at radius 1 is 0.448 bits per heavy atom. The SMILES string of the molecule is CC(C)(C)c1ccc(N2B3c4cc5sccc5cc4N(c4ccc(C(C)(C)C)cc4-c4ccccc4)c4c3c(cc3c4oc4ccccc43)-c3cc4c(cc32)C(C)(C)c2ccc(N(c3ccc(C(C)(C)C)cc3)c3ccc(C(C)(C)C)cc3)cc2-4)cc1. The van der Waals surface area contributed by atoms with Crippen molar-refractivity contribution >= 4 is 107 Å². The lowest BCUT2D eigenvalue weighted by molar-refractivity contribution is 0.590. The molecular formula is C81H76BN3OS. The highest BCUT2D eigenvalue weighted by atomic mass is 32.1. The number of thiophene rings is 1. The van der Waals surface area contributed by atoms with Crippen LogP contribution in [0.2, 0.25) is 0 Å². The van der Waals surface area contributed by atoms with E-state index in [4.69, 9.17) is 4.42 Å². The van der Waals surface area contributed by atoms with Crippen molar-refractivity contribution in [3.63, 3.8) is 0 Å². The van der Waals surface area contributed by atoms with Gasteiger partial charge >= 0.3 is 6.85 Å². The lowest BCUT2D eigenvalue weighted by Crippen LogP contribution is -2.61. The van der Waals surface area contributed by atoms with Crippen LogP contribution < -0.4 is 25.5 Å². The number of rotatable bonds is 6. The van der Waals surface area contributed by atoms with E-state index in [9.17, 15) is 0 Å². The molecule has 0 saturated heterocycles. The summed E-state index contributed by atoms with van der Waals surface area (Å²) >= 11 is 1.82. The molecule has 1 aliphatic carbocycles. The molecule has 0 unspecified atom stereocenters. The Bertz CT molecular complexity index is 4690. The Hall–Kier alpha value is -8.58.